The fraction of sp³-hybridized carbons (Fsp3) is 0.914. The monoisotopic (exact) mass is 2050 g/mol. The SMILES string of the molecule is CC(C)(CO)CO.CC1(C)COC2(CC[C@H]3[C@@H]4CC[C@H]5CC=CC[C@]5(C)[C@H]4CC[C@@]32C)OC1.CC1(C)COC2(CC[C@H]3[C@@H]4CC[C@H]5CC=CC[C@]5(C)[C@H]4CC[C@@]32C)OC1.CC1(C)COC2(CC[C@H]3[C@@H]4CC[C@H]5C[C@@H](O)CC[C@]5(C)[C@H]4CC[C@@]32C)OC1.C[C@H]1CC[C@@]2(C)[C@@H](CC[C@@H]3[C@@H]2CC[C@@]2(C)[C@H]3CCC23OCC(C)(C)CO3)C1.C[C@]12CC[C@H](O)C[C@@H]1CC[C@@H]1[C@@H]2CC[C@]2(C)C(=O)CC[C@@H]12.Cc1ccc(S(=O)(=O)Cl)cc1. The van der Waals surface area contributed by atoms with Gasteiger partial charge in [0.25, 0.3) is 9.05 Å². The van der Waals surface area contributed by atoms with Crippen LogP contribution in [0.2, 0.25) is 0 Å². The molecule has 4 N–H and O–H groups in total. The molecule has 1 aromatic rings. The molecule has 15 nitrogen and oxygen atoms in total. The van der Waals surface area contributed by atoms with Crippen LogP contribution in [0.1, 0.15) is 427 Å². The second-order valence-electron chi connectivity index (χ2n) is 61.4. The molecule has 0 bridgehead atoms. The Morgan fingerprint density at radius 2 is 0.614 bits per heavy atom. The van der Waals surface area contributed by atoms with Crippen molar-refractivity contribution in [2.75, 3.05) is 66.1 Å². The van der Waals surface area contributed by atoms with Gasteiger partial charge in [-0.05, 0) is 408 Å². The molecular weight excluding hydrogens is 1840 g/mol. The first-order valence-corrected chi connectivity index (χ1v) is 62.9. The van der Waals surface area contributed by atoms with Crippen molar-refractivity contribution in [3.63, 3.8) is 0 Å². The molecule has 18 saturated carbocycles. The van der Waals surface area contributed by atoms with E-state index in [0.717, 1.165) is 247 Å². The number of rotatable bonds is 3. The molecule has 822 valence electrons. The number of aliphatic hydroxyl groups is 4. The molecule has 24 aliphatic rings. The number of aliphatic hydroxyl groups excluding tert-OH is 4. The van der Waals surface area contributed by atoms with Gasteiger partial charge in [-0.3, -0.25) is 4.79 Å². The number of ether oxygens (including phenoxy) is 8. The Morgan fingerprint density at radius 3 is 0.924 bits per heavy atom. The minimum Gasteiger partial charge on any atom is -0.396 e. The quantitative estimate of drug-likeness (QED) is 0.164. The van der Waals surface area contributed by atoms with Crippen LogP contribution >= 0.6 is 10.7 Å². The van der Waals surface area contributed by atoms with Crippen LogP contribution < -0.4 is 0 Å². The highest BCUT2D eigenvalue weighted by atomic mass is 35.7. The summed E-state index contributed by atoms with van der Waals surface area (Å²) in [6.45, 7) is 58.4. The number of carbonyl (C=O) groups is 1. The average molecular weight is 2050 g/mol. The van der Waals surface area contributed by atoms with E-state index >= 15 is 0 Å². The average Bonchev–Trinajstić information content (AvgIpc) is 1.58. The lowest BCUT2D eigenvalue weighted by Gasteiger charge is -2.62. The molecule has 4 saturated heterocycles. The fourth-order valence-electron chi connectivity index (χ4n) is 40.7. The normalized spacial score (nSPS) is 48.0. The number of halogens is 1. The van der Waals surface area contributed by atoms with E-state index in [1.807, 2.05) is 6.92 Å². The highest BCUT2D eigenvalue weighted by Gasteiger charge is 2.74. The molecule has 145 heavy (non-hydrogen) atoms. The van der Waals surface area contributed by atoms with Crippen molar-refractivity contribution in [1.29, 1.82) is 0 Å². The van der Waals surface area contributed by atoms with Crippen LogP contribution in [0.5, 0.6) is 0 Å². The molecule has 1 aromatic carbocycles. The minimum absolute atomic E-state index is 0.0124. The van der Waals surface area contributed by atoms with Crippen molar-refractivity contribution in [2.45, 2.75) is 469 Å². The van der Waals surface area contributed by atoms with E-state index in [2.05, 4.69) is 156 Å². The summed E-state index contributed by atoms with van der Waals surface area (Å²) >= 11 is 0. The molecular formula is C128H207ClO15S. The van der Waals surface area contributed by atoms with Gasteiger partial charge in [0.1, 0.15) is 5.78 Å². The van der Waals surface area contributed by atoms with Gasteiger partial charge in [0.2, 0.25) is 0 Å². The van der Waals surface area contributed by atoms with Gasteiger partial charge >= 0.3 is 0 Å². The highest BCUT2D eigenvalue weighted by molar-refractivity contribution is 8.13. The van der Waals surface area contributed by atoms with E-state index in [4.69, 9.17) is 58.8 Å². The maximum atomic E-state index is 12.4. The second-order valence-corrected chi connectivity index (χ2v) is 64.0. The van der Waals surface area contributed by atoms with E-state index in [1.54, 1.807) is 26.0 Å². The molecule has 22 fully saturated rings. The van der Waals surface area contributed by atoms with Crippen LogP contribution in [0.3, 0.4) is 0 Å². The number of allylic oxidation sites excluding steroid dienone is 4. The van der Waals surface area contributed by atoms with Gasteiger partial charge in [-0.1, -0.05) is 194 Å². The summed E-state index contributed by atoms with van der Waals surface area (Å²) in [6.07, 6.45) is 64.8. The third-order valence-electron chi connectivity index (χ3n) is 50.2. The fourth-order valence-corrected chi connectivity index (χ4v) is 41.5. The topological polar surface area (TPSA) is 206 Å². The largest absolute Gasteiger partial charge is 0.396 e. The third kappa shape index (κ3) is 19.5. The Morgan fingerprint density at radius 1 is 0.331 bits per heavy atom. The maximum absolute atomic E-state index is 12.4. The number of ketones is 1. The Labute approximate surface area is 885 Å². The zero-order valence-electron chi connectivity index (χ0n) is 95.4. The number of Topliss-reactive ketones (excluding diaryl/α,β-unsaturated/α-hetero) is 1. The number of hydrogen-bond acceptors (Lipinski definition) is 15. The molecule has 0 radical (unpaired) electrons. The predicted octanol–water partition coefficient (Wildman–Crippen LogP) is 29.4. The van der Waals surface area contributed by atoms with E-state index in [0.29, 0.717) is 38.8 Å². The van der Waals surface area contributed by atoms with Crippen LogP contribution in [-0.4, -0.2) is 136 Å². The molecule has 25 rings (SSSR count). The zero-order valence-corrected chi connectivity index (χ0v) is 97.0. The van der Waals surface area contributed by atoms with Gasteiger partial charge < -0.3 is 58.3 Å². The van der Waals surface area contributed by atoms with Gasteiger partial charge in [0.15, 0.2) is 23.1 Å². The molecule has 4 heterocycles. The minimum atomic E-state index is -3.55. The van der Waals surface area contributed by atoms with E-state index in [1.165, 1.54) is 218 Å². The van der Waals surface area contributed by atoms with Crippen molar-refractivity contribution < 1.29 is 71.5 Å². The standard InChI is InChI=1S/C25H42O2.C24H40O3.2C24H38O2.C19H30O2.C7H7ClO2S.C5H12O2/c1-17-8-11-23(4)18(14-17)6-7-19-20(23)9-12-24(5)21(19)10-13-25(24)26-15-22(2,3)16-27-25;1-21(2)14-26-24(27-15-21)12-9-20-18-6-5-16-13-17(25)7-10-22(16,3)19(18)8-11-23(20,24)4;2*1-21(2)15-25-24(26-16-21)14-11-20-18-9-8-17-7-5-6-12-22(17,3)19(18)10-13-23(20,24)4;1-18-9-7-13(20)11-12(18)3-4-14-15-5-6-17(21)19(15,2)10-8-16(14)18;1-6-2-4-7(5-3-6)11(8,9)10;1-5(2,3-6)4-7/h17-21H,6-16H2,1-5H3;16-20,25H,5-15H2,1-4H3;2*5-6,17-20H,7-16H2,1-4H3;12-16,20H,3-11H2,1-2H3;2-5H,1H3;6-7H,3-4H2,1-2H3/t17-,18-,19+,20-,21-,23-,24-;16-,17-,18+,19-,20-,22-,23-;2*17-,18-,19+,20+,22+,23+;12-,13-,14-,15-,16-,18-,19-;;/m00110../s1. The van der Waals surface area contributed by atoms with E-state index in [9.17, 15) is 23.4 Å². The van der Waals surface area contributed by atoms with Crippen molar-refractivity contribution in [2.24, 2.45) is 206 Å². The number of fused-ring (bicyclic) bond motifs is 29. The summed E-state index contributed by atoms with van der Waals surface area (Å²) in [5.74, 6) is 17.2. The summed E-state index contributed by atoms with van der Waals surface area (Å²) in [5, 5.41) is 37.1. The Kier molecular flexibility index (Phi) is 30.9. The molecule has 0 amide bonds. The summed E-state index contributed by atoms with van der Waals surface area (Å²) in [5.41, 5.74) is 4.81. The summed E-state index contributed by atoms with van der Waals surface area (Å²) in [7, 11) is 1.54. The van der Waals surface area contributed by atoms with Crippen LogP contribution in [0, 0.1) is 212 Å². The molecule has 33 atom stereocenters. The van der Waals surface area contributed by atoms with Crippen molar-refractivity contribution in [3.8, 4) is 0 Å². The van der Waals surface area contributed by atoms with Gasteiger partial charge in [0.05, 0.1) is 83.2 Å². The second kappa shape index (κ2) is 40.3. The number of benzene rings is 1. The molecule has 0 aromatic heterocycles. The summed E-state index contributed by atoms with van der Waals surface area (Å²) in [6, 6.07) is 6.37. The molecule has 4 aliphatic heterocycles. The van der Waals surface area contributed by atoms with Gasteiger partial charge in [-0.15, -0.1) is 0 Å². The van der Waals surface area contributed by atoms with Crippen LogP contribution in [-0.2, 0) is 51.7 Å². The smallest absolute Gasteiger partial charge is 0.261 e. The molecule has 20 aliphatic carbocycles. The van der Waals surface area contributed by atoms with Crippen LogP contribution in [0.4, 0.5) is 0 Å². The molecule has 17 heteroatoms. The van der Waals surface area contributed by atoms with Crippen molar-refractivity contribution >= 4 is 25.5 Å². The summed E-state index contributed by atoms with van der Waals surface area (Å²) < 4.78 is 74.2. The zero-order chi connectivity index (χ0) is 104. The molecule has 0 unspecified atom stereocenters. The summed E-state index contributed by atoms with van der Waals surface area (Å²) in [4.78, 5) is 12.5. The van der Waals surface area contributed by atoms with E-state index in [-0.39, 0.29) is 108 Å². The lowest BCUT2D eigenvalue weighted by Crippen LogP contribution is -2.60. The predicted molar refractivity (Wildman–Crippen MR) is 580 cm³/mol. The third-order valence-corrected chi connectivity index (χ3v) is 51.6. The van der Waals surface area contributed by atoms with E-state index < -0.39 is 9.05 Å². The Hall–Kier alpha value is -1.87. The van der Waals surface area contributed by atoms with Gasteiger partial charge in [-0.2, -0.15) is 0 Å². The van der Waals surface area contributed by atoms with Crippen LogP contribution in [0.15, 0.2) is 53.5 Å². The number of hydrogen-bond donors (Lipinski definition) is 4. The van der Waals surface area contributed by atoms with Gasteiger partial charge in [-0.25, -0.2) is 8.42 Å². The Balaban J connectivity index is 0.000000110. The van der Waals surface area contributed by atoms with Gasteiger partial charge in [0, 0.05) is 96.9 Å². The van der Waals surface area contributed by atoms with Crippen molar-refractivity contribution in [1.82, 2.24) is 0 Å². The number of carbonyl (C=O) groups excluding carboxylic acids is 1. The first-order valence-electron chi connectivity index (χ1n) is 60.6. The number of aryl methyl sites for hydroxylation is 1. The lowest BCUT2D eigenvalue weighted by atomic mass is 9.44. The Bertz CT molecular complexity index is 4610. The highest BCUT2D eigenvalue weighted by Crippen LogP contribution is 2.77. The molecule has 4 spiro atoms. The first kappa shape index (κ1) is 111. The van der Waals surface area contributed by atoms with Crippen LogP contribution in [0.25, 0.3) is 0 Å². The van der Waals surface area contributed by atoms with Crippen molar-refractivity contribution in [3.05, 3.63) is 54.1 Å². The lowest BCUT2D eigenvalue weighted by molar-refractivity contribution is -0.348. The first-order chi connectivity index (χ1) is 68.1. The maximum Gasteiger partial charge on any atom is 0.261 e.